The second-order valence-corrected chi connectivity index (χ2v) is 12.6. The highest BCUT2D eigenvalue weighted by atomic mass is 32.2. The van der Waals surface area contributed by atoms with E-state index in [4.69, 9.17) is 18.9 Å². The molecule has 218 valence electrons. The van der Waals surface area contributed by atoms with Gasteiger partial charge in [0.1, 0.15) is 11.9 Å². The number of hydrogen-bond acceptors (Lipinski definition) is 8. The Morgan fingerprint density at radius 2 is 1.77 bits per heavy atom. The predicted molar refractivity (Wildman–Crippen MR) is 147 cm³/mol. The molecule has 0 aromatic heterocycles. The monoisotopic (exact) mass is 574 g/mol. The molecule has 4 rings (SSSR count). The van der Waals surface area contributed by atoms with Crippen molar-refractivity contribution in [2.45, 2.75) is 56.9 Å². The minimum atomic E-state index is -4.00. The van der Waals surface area contributed by atoms with Gasteiger partial charge in [-0.3, -0.25) is 4.79 Å². The van der Waals surface area contributed by atoms with Crippen molar-refractivity contribution in [1.29, 1.82) is 0 Å². The number of carbonyl (C=O) groups excluding carboxylic acids is 2. The van der Waals surface area contributed by atoms with Crippen LogP contribution in [-0.4, -0.2) is 76.4 Å². The van der Waals surface area contributed by atoms with Crippen molar-refractivity contribution in [3.63, 3.8) is 0 Å². The van der Waals surface area contributed by atoms with E-state index in [1.807, 2.05) is 45.0 Å². The van der Waals surface area contributed by atoms with Crippen molar-refractivity contribution in [3.05, 3.63) is 59.7 Å². The average molecular weight is 575 g/mol. The summed E-state index contributed by atoms with van der Waals surface area (Å²) in [5, 5.41) is 2.71. The molecular weight excluding hydrogens is 536 g/mol. The minimum absolute atomic E-state index is 0.0433. The van der Waals surface area contributed by atoms with Crippen molar-refractivity contribution < 1.29 is 37.0 Å². The van der Waals surface area contributed by atoms with Crippen LogP contribution in [0.3, 0.4) is 0 Å². The summed E-state index contributed by atoms with van der Waals surface area (Å²) < 4.78 is 50.2. The third-order valence-electron chi connectivity index (χ3n) is 7.08. The number of rotatable bonds is 12. The number of sulfonamides is 1. The zero-order valence-corrected chi connectivity index (χ0v) is 24.2. The summed E-state index contributed by atoms with van der Waals surface area (Å²) in [5.74, 6) is -0.0131. The molecule has 0 bridgehead atoms. The molecule has 2 aromatic carbocycles. The van der Waals surface area contributed by atoms with Gasteiger partial charge in [0, 0.05) is 6.54 Å². The molecule has 2 saturated heterocycles. The molecule has 4 atom stereocenters. The lowest BCUT2D eigenvalue weighted by Crippen LogP contribution is -2.49. The molecule has 0 saturated carbocycles. The van der Waals surface area contributed by atoms with Crippen molar-refractivity contribution in [3.8, 4) is 5.75 Å². The smallest absolute Gasteiger partial charge is 0.408 e. The molecule has 2 aliphatic heterocycles. The summed E-state index contributed by atoms with van der Waals surface area (Å²) in [6, 6.07) is 12.6. The second-order valence-electron chi connectivity index (χ2n) is 10.7. The number of carbonyl (C=O) groups is 2. The summed E-state index contributed by atoms with van der Waals surface area (Å²) in [5.41, 5.74) is 1.88. The van der Waals surface area contributed by atoms with E-state index in [1.54, 1.807) is 12.1 Å². The average Bonchev–Trinajstić information content (AvgIpc) is 3.54. The van der Waals surface area contributed by atoms with Crippen LogP contribution in [0.2, 0.25) is 0 Å². The maximum Gasteiger partial charge on any atom is 0.408 e. The van der Waals surface area contributed by atoms with Crippen molar-refractivity contribution in [1.82, 2.24) is 9.62 Å². The lowest BCUT2D eigenvalue weighted by Gasteiger charge is -2.26. The summed E-state index contributed by atoms with van der Waals surface area (Å²) in [7, 11) is -2.50. The van der Waals surface area contributed by atoms with Gasteiger partial charge in [0.2, 0.25) is 10.0 Å². The number of nitrogens with zero attached hydrogens (tertiary/aromatic N) is 1. The summed E-state index contributed by atoms with van der Waals surface area (Å²) >= 11 is 0. The van der Waals surface area contributed by atoms with Crippen LogP contribution in [0.5, 0.6) is 5.75 Å². The first-order valence-corrected chi connectivity index (χ1v) is 14.9. The first kappa shape index (κ1) is 30.0. The number of Topliss-reactive ketones (excluding diaryl/α,β-unsaturated/α-hetero) is 1. The van der Waals surface area contributed by atoms with E-state index in [1.165, 1.54) is 23.5 Å². The largest absolute Gasteiger partial charge is 0.497 e. The third-order valence-corrected chi connectivity index (χ3v) is 8.91. The Morgan fingerprint density at radius 3 is 2.42 bits per heavy atom. The Bertz CT molecular complexity index is 1260. The highest BCUT2D eigenvalue weighted by molar-refractivity contribution is 7.89. The Morgan fingerprint density at radius 1 is 1.07 bits per heavy atom. The topological polar surface area (TPSA) is 120 Å². The van der Waals surface area contributed by atoms with Crippen LogP contribution in [0.25, 0.3) is 0 Å². The highest BCUT2D eigenvalue weighted by Crippen LogP contribution is 2.33. The second kappa shape index (κ2) is 13.1. The van der Waals surface area contributed by atoms with Crippen LogP contribution in [0.1, 0.15) is 31.4 Å². The van der Waals surface area contributed by atoms with Crippen LogP contribution >= 0.6 is 0 Å². The van der Waals surface area contributed by atoms with E-state index in [2.05, 4.69) is 5.32 Å². The highest BCUT2D eigenvalue weighted by Gasteiger charge is 2.44. The Balaban J connectivity index is 1.53. The van der Waals surface area contributed by atoms with Crippen molar-refractivity contribution in [2.75, 3.05) is 33.4 Å². The molecule has 11 heteroatoms. The van der Waals surface area contributed by atoms with Gasteiger partial charge in [-0.25, -0.2) is 13.2 Å². The van der Waals surface area contributed by atoms with Crippen molar-refractivity contribution in [2.24, 2.45) is 11.8 Å². The minimum Gasteiger partial charge on any atom is -0.497 e. The quantitative estimate of drug-likeness (QED) is 0.410. The number of amides is 1. The fraction of sp³-hybridized carbons (Fsp3) is 0.517. The molecule has 2 aromatic rings. The van der Waals surface area contributed by atoms with Gasteiger partial charge in [-0.05, 0) is 55.5 Å². The van der Waals surface area contributed by atoms with Crippen LogP contribution in [-0.2, 0) is 35.4 Å². The lowest BCUT2D eigenvalue weighted by atomic mass is 10.0. The SMILES string of the molecule is COc1ccc(S(=O)(=O)N(CC(=O)[C@H](Cc2ccc(C)cc2)NC(=O)O[C@H]2CO[C@H]3OCC[C@H]32)CC(C)C)cc1. The number of benzene rings is 2. The summed E-state index contributed by atoms with van der Waals surface area (Å²) in [6.07, 6.45) is -0.698. The first-order chi connectivity index (χ1) is 19.1. The molecule has 0 aliphatic carbocycles. The van der Waals surface area contributed by atoms with Gasteiger partial charge in [-0.1, -0.05) is 43.7 Å². The predicted octanol–water partition coefficient (Wildman–Crippen LogP) is 3.32. The number of alkyl carbamates (subject to hydrolysis) is 1. The van der Waals surface area contributed by atoms with Crippen LogP contribution in [0.15, 0.2) is 53.4 Å². The number of hydrogen-bond donors (Lipinski definition) is 1. The Labute approximate surface area is 236 Å². The molecule has 40 heavy (non-hydrogen) atoms. The third kappa shape index (κ3) is 7.39. The van der Waals surface area contributed by atoms with E-state index in [0.29, 0.717) is 12.4 Å². The van der Waals surface area contributed by atoms with E-state index in [-0.39, 0.29) is 42.6 Å². The molecule has 2 fully saturated rings. The number of nitrogens with one attached hydrogen (secondary N) is 1. The van der Waals surface area contributed by atoms with Gasteiger partial charge >= 0.3 is 6.09 Å². The van der Waals surface area contributed by atoms with Gasteiger partial charge in [0.25, 0.3) is 0 Å². The van der Waals surface area contributed by atoms with E-state index in [9.17, 15) is 18.0 Å². The molecule has 10 nitrogen and oxygen atoms in total. The normalized spacial score (nSPS) is 21.3. The van der Waals surface area contributed by atoms with Crippen LogP contribution < -0.4 is 10.1 Å². The number of ketones is 1. The van der Waals surface area contributed by atoms with E-state index in [0.717, 1.165) is 17.5 Å². The number of methoxy groups -OCH3 is 1. The fourth-order valence-corrected chi connectivity index (χ4v) is 6.47. The molecule has 1 amide bonds. The first-order valence-electron chi connectivity index (χ1n) is 13.5. The number of aryl methyl sites for hydroxylation is 1. The van der Waals surface area contributed by atoms with Gasteiger partial charge in [-0.2, -0.15) is 4.31 Å². The van der Waals surface area contributed by atoms with E-state index >= 15 is 0 Å². The standard InChI is InChI=1S/C29H38N2O8S/c1-19(2)16-31(40(34,35)23-11-9-22(36-4)10-12-23)17-26(32)25(15-21-7-5-20(3)6-8-21)30-29(33)39-27-18-38-28-24(27)13-14-37-28/h5-12,19,24-25,27-28H,13-18H2,1-4H3,(H,30,33)/t24-,25-,27-,28+/m0/s1. The summed E-state index contributed by atoms with van der Waals surface area (Å²) in [6.45, 7) is 6.20. The van der Waals surface area contributed by atoms with Gasteiger partial charge in [0.15, 0.2) is 12.1 Å². The number of ether oxygens (including phenoxy) is 4. The van der Waals surface area contributed by atoms with Gasteiger partial charge in [-0.15, -0.1) is 0 Å². The molecule has 0 radical (unpaired) electrons. The van der Waals surface area contributed by atoms with E-state index < -0.39 is 40.6 Å². The van der Waals surface area contributed by atoms with Crippen LogP contribution in [0, 0.1) is 18.8 Å². The lowest BCUT2D eigenvalue weighted by molar-refractivity contribution is -0.121. The van der Waals surface area contributed by atoms with Crippen molar-refractivity contribution >= 4 is 21.9 Å². The zero-order chi connectivity index (χ0) is 28.9. The van der Waals surface area contributed by atoms with Gasteiger partial charge in [0.05, 0.1) is 43.7 Å². The van der Waals surface area contributed by atoms with Gasteiger partial charge < -0.3 is 24.3 Å². The molecule has 1 N–H and O–H groups in total. The molecule has 2 heterocycles. The Hall–Kier alpha value is -2.99. The molecule has 2 aliphatic rings. The summed E-state index contributed by atoms with van der Waals surface area (Å²) in [4.78, 5) is 26.7. The number of fused-ring (bicyclic) bond motifs is 1. The molecule has 0 spiro atoms. The Kier molecular flexibility index (Phi) is 9.83. The fourth-order valence-electron chi connectivity index (χ4n) is 4.90. The van der Waals surface area contributed by atoms with Crippen LogP contribution in [0.4, 0.5) is 4.79 Å². The maximum absolute atomic E-state index is 13.7. The molecule has 0 unspecified atom stereocenters. The maximum atomic E-state index is 13.7. The zero-order valence-electron chi connectivity index (χ0n) is 23.4. The molecular formula is C29H38N2O8S.